The SMILES string of the molecule is CC(C)c1noc([C@H]2CCCN2C(=O)c2cnnn2-c2ccccc2)n1. The second-order valence-electron chi connectivity index (χ2n) is 6.67. The van der Waals surface area contributed by atoms with Crippen molar-refractivity contribution in [2.45, 2.75) is 38.6 Å². The van der Waals surface area contributed by atoms with Gasteiger partial charge in [0.1, 0.15) is 6.04 Å². The van der Waals surface area contributed by atoms with Crippen LogP contribution in [-0.2, 0) is 0 Å². The van der Waals surface area contributed by atoms with E-state index in [1.54, 1.807) is 9.58 Å². The Morgan fingerprint density at radius 2 is 2.08 bits per heavy atom. The molecule has 4 rings (SSSR count). The summed E-state index contributed by atoms with van der Waals surface area (Å²) in [6, 6.07) is 9.28. The molecular formula is C18H20N6O2. The summed E-state index contributed by atoms with van der Waals surface area (Å²) in [5.74, 6) is 1.21. The lowest BCUT2D eigenvalue weighted by Crippen LogP contribution is -2.32. The van der Waals surface area contributed by atoms with Crippen LogP contribution in [0, 0.1) is 0 Å². The Morgan fingerprint density at radius 3 is 2.81 bits per heavy atom. The van der Waals surface area contributed by atoms with E-state index in [2.05, 4.69) is 20.5 Å². The van der Waals surface area contributed by atoms with Gasteiger partial charge in [-0.2, -0.15) is 4.98 Å². The number of carbonyl (C=O) groups is 1. The topological polar surface area (TPSA) is 89.9 Å². The van der Waals surface area contributed by atoms with E-state index in [0.29, 0.717) is 24.0 Å². The molecule has 134 valence electrons. The predicted octanol–water partition coefficient (Wildman–Crippen LogP) is 2.75. The smallest absolute Gasteiger partial charge is 0.274 e. The Morgan fingerprint density at radius 1 is 1.27 bits per heavy atom. The van der Waals surface area contributed by atoms with Crippen LogP contribution in [0.4, 0.5) is 0 Å². The van der Waals surface area contributed by atoms with E-state index < -0.39 is 0 Å². The Hall–Kier alpha value is -3.03. The molecule has 1 saturated heterocycles. The maximum Gasteiger partial charge on any atom is 0.274 e. The standard InChI is InChI=1S/C18H20N6O2/c1-12(2)16-20-17(26-21-16)14-9-6-10-23(14)18(25)15-11-19-22-24(15)13-7-4-3-5-8-13/h3-5,7-8,11-12,14H,6,9-10H2,1-2H3/t14-/m1/s1. The lowest BCUT2D eigenvalue weighted by atomic mass is 10.2. The second-order valence-corrected chi connectivity index (χ2v) is 6.67. The fraction of sp³-hybridized carbons (Fsp3) is 0.389. The molecule has 0 spiro atoms. The summed E-state index contributed by atoms with van der Waals surface area (Å²) in [4.78, 5) is 19.4. The summed E-state index contributed by atoms with van der Waals surface area (Å²) in [6.07, 6.45) is 3.19. The molecule has 0 unspecified atom stereocenters. The van der Waals surface area contributed by atoms with Gasteiger partial charge in [-0.25, -0.2) is 4.68 Å². The number of amides is 1. The largest absolute Gasteiger partial charge is 0.337 e. The summed E-state index contributed by atoms with van der Waals surface area (Å²) < 4.78 is 6.99. The van der Waals surface area contributed by atoms with Crippen LogP contribution in [0.2, 0.25) is 0 Å². The van der Waals surface area contributed by atoms with Crippen molar-refractivity contribution in [1.29, 1.82) is 0 Å². The van der Waals surface area contributed by atoms with Crippen molar-refractivity contribution in [1.82, 2.24) is 30.0 Å². The van der Waals surface area contributed by atoms with Gasteiger partial charge in [0.25, 0.3) is 5.91 Å². The summed E-state index contributed by atoms with van der Waals surface area (Å²) in [5, 5.41) is 12.0. The number of hydrogen-bond donors (Lipinski definition) is 0. The fourth-order valence-electron chi connectivity index (χ4n) is 3.17. The number of aromatic nitrogens is 5. The summed E-state index contributed by atoms with van der Waals surface area (Å²) >= 11 is 0. The van der Waals surface area contributed by atoms with Crippen LogP contribution >= 0.6 is 0 Å². The normalized spacial score (nSPS) is 17.2. The minimum atomic E-state index is -0.207. The molecule has 0 radical (unpaired) electrons. The molecule has 1 aliphatic heterocycles. The summed E-state index contributed by atoms with van der Waals surface area (Å²) in [5.41, 5.74) is 1.22. The lowest BCUT2D eigenvalue weighted by molar-refractivity contribution is 0.0700. The van der Waals surface area contributed by atoms with Crippen LogP contribution in [0.3, 0.4) is 0 Å². The van der Waals surface area contributed by atoms with Crippen molar-refractivity contribution < 1.29 is 9.32 Å². The Bertz CT molecular complexity index is 901. The van der Waals surface area contributed by atoms with Crippen LogP contribution in [0.1, 0.15) is 60.9 Å². The first-order valence-electron chi connectivity index (χ1n) is 8.75. The molecule has 3 heterocycles. The van der Waals surface area contributed by atoms with Crippen LogP contribution in [0.15, 0.2) is 41.1 Å². The summed E-state index contributed by atoms with van der Waals surface area (Å²) in [6.45, 7) is 4.66. The number of carbonyl (C=O) groups excluding carboxylic acids is 1. The van der Waals surface area contributed by atoms with E-state index >= 15 is 0 Å². The van der Waals surface area contributed by atoms with E-state index in [4.69, 9.17) is 4.52 Å². The molecule has 26 heavy (non-hydrogen) atoms. The van der Waals surface area contributed by atoms with E-state index in [-0.39, 0.29) is 17.9 Å². The second kappa shape index (κ2) is 6.70. The summed E-state index contributed by atoms with van der Waals surface area (Å²) in [7, 11) is 0. The molecule has 1 aliphatic rings. The van der Waals surface area contributed by atoms with E-state index in [1.165, 1.54) is 6.20 Å². The maximum absolute atomic E-state index is 13.2. The van der Waals surface area contributed by atoms with Crippen molar-refractivity contribution in [3.8, 4) is 5.69 Å². The molecule has 1 aromatic carbocycles. The minimum absolute atomic E-state index is 0.134. The van der Waals surface area contributed by atoms with Crippen LogP contribution in [0.25, 0.3) is 5.69 Å². The van der Waals surface area contributed by atoms with Crippen LogP contribution in [-0.4, -0.2) is 42.5 Å². The number of hydrogen-bond acceptors (Lipinski definition) is 6. The van der Waals surface area contributed by atoms with Gasteiger partial charge in [0, 0.05) is 12.5 Å². The molecule has 8 nitrogen and oxygen atoms in total. The van der Waals surface area contributed by atoms with Crippen molar-refractivity contribution in [2.75, 3.05) is 6.54 Å². The molecule has 1 amide bonds. The third-order valence-corrected chi connectivity index (χ3v) is 4.54. The molecule has 2 aromatic heterocycles. The average molecular weight is 352 g/mol. The van der Waals surface area contributed by atoms with Crippen molar-refractivity contribution in [2.24, 2.45) is 0 Å². The third kappa shape index (κ3) is 2.87. The minimum Gasteiger partial charge on any atom is -0.337 e. The van der Waals surface area contributed by atoms with Crippen molar-refractivity contribution >= 4 is 5.91 Å². The van der Waals surface area contributed by atoms with Gasteiger partial charge >= 0.3 is 0 Å². The highest BCUT2D eigenvalue weighted by Crippen LogP contribution is 2.32. The van der Waals surface area contributed by atoms with Gasteiger partial charge < -0.3 is 9.42 Å². The van der Waals surface area contributed by atoms with Crippen LogP contribution < -0.4 is 0 Å². The molecule has 1 fully saturated rings. The van der Waals surface area contributed by atoms with Gasteiger partial charge in [-0.15, -0.1) is 5.10 Å². The van der Waals surface area contributed by atoms with E-state index in [9.17, 15) is 4.79 Å². The van der Waals surface area contributed by atoms with Crippen LogP contribution in [0.5, 0.6) is 0 Å². The number of likely N-dealkylation sites (tertiary alicyclic amines) is 1. The molecule has 8 heteroatoms. The van der Waals surface area contributed by atoms with Crippen molar-refractivity contribution in [3.05, 3.63) is 53.9 Å². The molecule has 0 N–H and O–H groups in total. The van der Waals surface area contributed by atoms with Gasteiger partial charge in [0.05, 0.1) is 11.9 Å². The highest BCUT2D eigenvalue weighted by atomic mass is 16.5. The maximum atomic E-state index is 13.2. The number of benzene rings is 1. The Balaban J connectivity index is 1.63. The van der Waals surface area contributed by atoms with Gasteiger partial charge in [0.2, 0.25) is 5.89 Å². The van der Waals surface area contributed by atoms with E-state index in [0.717, 1.165) is 18.5 Å². The first-order valence-corrected chi connectivity index (χ1v) is 8.75. The molecule has 3 aromatic rings. The number of para-hydroxylation sites is 1. The zero-order valence-electron chi connectivity index (χ0n) is 14.7. The Kier molecular flexibility index (Phi) is 4.24. The fourth-order valence-corrected chi connectivity index (χ4v) is 3.17. The highest BCUT2D eigenvalue weighted by Gasteiger charge is 2.36. The highest BCUT2D eigenvalue weighted by molar-refractivity contribution is 5.93. The average Bonchev–Trinajstić information content (AvgIpc) is 3.41. The molecule has 1 atom stereocenters. The van der Waals surface area contributed by atoms with Gasteiger partial charge in [-0.3, -0.25) is 4.79 Å². The van der Waals surface area contributed by atoms with Gasteiger partial charge in [-0.05, 0) is 25.0 Å². The van der Waals surface area contributed by atoms with Crippen molar-refractivity contribution in [3.63, 3.8) is 0 Å². The number of nitrogens with zero attached hydrogens (tertiary/aromatic N) is 6. The van der Waals surface area contributed by atoms with Gasteiger partial charge in [0.15, 0.2) is 11.5 Å². The molecule has 0 saturated carbocycles. The predicted molar refractivity (Wildman–Crippen MR) is 92.8 cm³/mol. The number of rotatable bonds is 4. The quantitative estimate of drug-likeness (QED) is 0.717. The first kappa shape index (κ1) is 16.4. The van der Waals surface area contributed by atoms with E-state index in [1.807, 2.05) is 44.2 Å². The lowest BCUT2D eigenvalue weighted by Gasteiger charge is -2.21. The molecular weight excluding hydrogens is 332 g/mol. The molecule has 0 bridgehead atoms. The third-order valence-electron chi connectivity index (χ3n) is 4.54. The molecule has 0 aliphatic carbocycles. The zero-order chi connectivity index (χ0) is 18.1. The first-order chi connectivity index (χ1) is 12.6. The Labute approximate surface area is 150 Å². The monoisotopic (exact) mass is 352 g/mol. The van der Waals surface area contributed by atoms with Gasteiger partial charge in [-0.1, -0.05) is 42.4 Å². The zero-order valence-corrected chi connectivity index (χ0v) is 14.7.